The van der Waals surface area contributed by atoms with Crippen LogP contribution in [0, 0.1) is 0 Å². The first-order chi connectivity index (χ1) is 16.5. The van der Waals surface area contributed by atoms with Gasteiger partial charge in [0.15, 0.2) is 0 Å². The summed E-state index contributed by atoms with van der Waals surface area (Å²) >= 11 is 0. The minimum absolute atomic E-state index is 0.136. The molecule has 2 aromatic heterocycles. The van der Waals surface area contributed by atoms with Crippen LogP contribution in [0.2, 0.25) is 0 Å². The van der Waals surface area contributed by atoms with Crippen molar-refractivity contribution in [3.8, 4) is 11.5 Å². The molecule has 2 N–H and O–H groups in total. The summed E-state index contributed by atoms with van der Waals surface area (Å²) in [5.74, 6) is -0.297. The first-order valence-electron chi connectivity index (χ1n) is 10.2. The molecule has 12 heteroatoms. The molecule has 176 valence electrons. The standard InChI is InChI=1S/C22H20N4O8/c27-19-23-21(29)33-25(19)13-15-3-7-17(8-4-15)31-11-1-2-12-32-18-9-5-16(6-10-18)14-26-20(28)24-22(30)34-26/h1-10H,11-14H2,(H,23,27,29)(H,24,28,30)/b2-1-. The van der Waals surface area contributed by atoms with E-state index in [2.05, 4.69) is 0 Å². The number of benzene rings is 2. The van der Waals surface area contributed by atoms with Crippen molar-refractivity contribution in [3.05, 3.63) is 114 Å². The van der Waals surface area contributed by atoms with Crippen LogP contribution in [0.25, 0.3) is 0 Å². The zero-order valence-corrected chi connectivity index (χ0v) is 17.8. The van der Waals surface area contributed by atoms with Gasteiger partial charge in [-0.3, -0.25) is 0 Å². The molecule has 0 unspecified atom stereocenters. The molecule has 34 heavy (non-hydrogen) atoms. The Labute approximate surface area is 190 Å². The molecule has 0 amide bonds. The van der Waals surface area contributed by atoms with E-state index in [1.807, 2.05) is 22.1 Å². The van der Waals surface area contributed by atoms with Crippen molar-refractivity contribution in [2.75, 3.05) is 13.2 Å². The summed E-state index contributed by atoms with van der Waals surface area (Å²) in [6.45, 7) is 0.947. The molecule has 4 rings (SSSR count). The monoisotopic (exact) mass is 468 g/mol. The van der Waals surface area contributed by atoms with E-state index < -0.39 is 22.9 Å². The third-order valence-electron chi connectivity index (χ3n) is 4.62. The second-order valence-electron chi connectivity index (χ2n) is 7.07. The predicted octanol–water partition coefficient (Wildman–Crippen LogP) is 0.683. The minimum Gasteiger partial charge on any atom is -0.490 e. The van der Waals surface area contributed by atoms with E-state index in [0.29, 0.717) is 24.7 Å². The van der Waals surface area contributed by atoms with Gasteiger partial charge in [-0.05, 0) is 47.5 Å². The molecular formula is C22H20N4O8. The fourth-order valence-electron chi connectivity index (χ4n) is 2.97. The molecule has 4 aromatic rings. The van der Waals surface area contributed by atoms with E-state index in [4.69, 9.17) is 18.5 Å². The maximum absolute atomic E-state index is 11.5. The van der Waals surface area contributed by atoms with Crippen LogP contribution in [-0.2, 0) is 13.1 Å². The largest absolute Gasteiger partial charge is 0.490 e. The molecule has 0 aliphatic heterocycles. The van der Waals surface area contributed by atoms with Gasteiger partial charge < -0.3 is 18.5 Å². The maximum Gasteiger partial charge on any atom is 0.440 e. The number of aromatic nitrogens is 4. The number of hydrogen-bond acceptors (Lipinski definition) is 8. The van der Waals surface area contributed by atoms with Crippen LogP contribution in [0.1, 0.15) is 11.1 Å². The van der Waals surface area contributed by atoms with Crippen LogP contribution in [0.15, 0.2) is 88.9 Å². The molecule has 0 aliphatic rings. The van der Waals surface area contributed by atoms with Crippen LogP contribution in [-0.4, -0.2) is 32.7 Å². The molecule has 0 saturated carbocycles. The normalized spacial score (nSPS) is 11.2. The van der Waals surface area contributed by atoms with Crippen LogP contribution >= 0.6 is 0 Å². The van der Waals surface area contributed by atoms with Crippen molar-refractivity contribution in [2.24, 2.45) is 0 Å². The van der Waals surface area contributed by atoms with Gasteiger partial charge in [0.25, 0.3) is 0 Å². The first-order valence-corrected chi connectivity index (χ1v) is 10.2. The Morgan fingerprint density at radius 2 is 1.03 bits per heavy atom. The van der Waals surface area contributed by atoms with Crippen LogP contribution in [0.5, 0.6) is 11.5 Å². The molecule has 2 aromatic carbocycles. The van der Waals surface area contributed by atoms with Crippen LogP contribution < -0.4 is 32.4 Å². The quantitative estimate of drug-likeness (QED) is 0.322. The summed E-state index contributed by atoms with van der Waals surface area (Å²) < 4.78 is 22.6. The lowest BCUT2D eigenvalue weighted by Crippen LogP contribution is -2.17. The number of H-pyrrole nitrogens is 2. The Morgan fingerprint density at radius 1 is 0.647 bits per heavy atom. The zero-order valence-electron chi connectivity index (χ0n) is 17.8. The molecule has 2 heterocycles. The van der Waals surface area contributed by atoms with E-state index in [9.17, 15) is 19.2 Å². The Morgan fingerprint density at radius 3 is 1.35 bits per heavy atom. The van der Waals surface area contributed by atoms with Gasteiger partial charge in [-0.2, -0.15) is 0 Å². The molecule has 0 radical (unpaired) electrons. The number of hydrogen-bond donors (Lipinski definition) is 2. The Bertz CT molecular complexity index is 1370. The van der Waals surface area contributed by atoms with Crippen molar-refractivity contribution in [1.82, 2.24) is 19.4 Å². The second kappa shape index (κ2) is 10.3. The van der Waals surface area contributed by atoms with Gasteiger partial charge in [-0.25, -0.2) is 29.1 Å². The highest BCUT2D eigenvalue weighted by molar-refractivity contribution is 5.28. The topological polar surface area (TPSA) is 154 Å². The van der Waals surface area contributed by atoms with E-state index in [1.54, 1.807) is 48.5 Å². The smallest absolute Gasteiger partial charge is 0.440 e. The molecule has 12 nitrogen and oxygen atoms in total. The minimum atomic E-state index is -0.792. The van der Waals surface area contributed by atoms with Gasteiger partial charge in [0.05, 0.1) is 13.1 Å². The molecule has 0 fully saturated rings. The lowest BCUT2D eigenvalue weighted by molar-refractivity contribution is 0.258. The Hall–Kier alpha value is -4.74. The highest BCUT2D eigenvalue weighted by atomic mass is 16.5. The van der Waals surface area contributed by atoms with E-state index >= 15 is 0 Å². The lowest BCUT2D eigenvalue weighted by Gasteiger charge is -2.06. The number of ether oxygens (including phenoxy) is 2. The van der Waals surface area contributed by atoms with Gasteiger partial charge in [0, 0.05) is 0 Å². The fraction of sp³-hybridized carbons (Fsp3) is 0.182. The third-order valence-corrected chi connectivity index (χ3v) is 4.62. The Balaban J connectivity index is 1.18. The highest BCUT2D eigenvalue weighted by Crippen LogP contribution is 2.14. The van der Waals surface area contributed by atoms with Crippen molar-refractivity contribution in [3.63, 3.8) is 0 Å². The highest BCUT2D eigenvalue weighted by Gasteiger charge is 2.05. The number of nitrogens with one attached hydrogen (secondary N) is 2. The SMILES string of the molecule is O=c1[nH]c(=O)n(Cc2ccc(OC/C=C\COc3ccc(Cn4oc(=O)[nH]c4=O)cc3)cc2)o1. The number of nitrogens with zero attached hydrogens (tertiary/aromatic N) is 2. The first kappa shape index (κ1) is 22.5. The summed E-state index contributed by atoms with van der Waals surface area (Å²) in [5, 5.41) is 0. The van der Waals surface area contributed by atoms with E-state index in [-0.39, 0.29) is 13.1 Å². The molecule has 0 atom stereocenters. The lowest BCUT2D eigenvalue weighted by atomic mass is 10.2. The maximum atomic E-state index is 11.5. The molecule has 0 spiro atoms. The van der Waals surface area contributed by atoms with Gasteiger partial charge in [-0.15, -0.1) is 9.48 Å². The number of rotatable bonds is 10. The Kier molecular flexibility index (Phi) is 6.77. The van der Waals surface area contributed by atoms with Crippen molar-refractivity contribution in [2.45, 2.75) is 13.1 Å². The van der Waals surface area contributed by atoms with Crippen molar-refractivity contribution < 1.29 is 18.5 Å². The average molecular weight is 468 g/mol. The van der Waals surface area contributed by atoms with Gasteiger partial charge >= 0.3 is 22.9 Å². The van der Waals surface area contributed by atoms with Gasteiger partial charge in [-0.1, -0.05) is 24.3 Å². The van der Waals surface area contributed by atoms with Crippen molar-refractivity contribution in [1.29, 1.82) is 0 Å². The fourth-order valence-corrected chi connectivity index (χ4v) is 2.97. The van der Waals surface area contributed by atoms with Crippen molar-refractivity contribution >= 4 is 0 Å². The summed E-state index contributed by atoms with van der Waals surface area (Å²) in [4.78, 5) is 49.0. The predicted molar refractivity (Wildman–Crippen MR) is 118 cm³/mol. The summed E-state index contributed by atoms with van der Waals surface area (Å²) in [5.41, 5.74) is 0.350. The molecule has 0 saturated heterocycles. The summed E-state index contributed by atoms with van der Waals surface area (Å²) in [7, 11) is 0. The average Bonchev–Trinajstić information content (AvgIpc) is 3.31. The second-order valence-corrected chi connectivity index (χ2v) is 7.07. The molecule has 0 bridgehead atoms. The summed E-state index contributed by atoms with van der Waals surface area (Å²) in [6.07, 6.45) is 3.63. The third kappa shape index (κ3) is 5.94. The summed E-state index contributed by atoms with van der Waals surface area (Å²) in [6, 6.07) is 14.1. The van der Waals surface area contributed by atoms with E-state index in [0.717, 1.165) is 20.6 Å². The van der Waals surface area contributed by atoms with Gasteiger partial charge in [0.2, 0.25) is 0 Å². The molecule has 0 aliphatic carbocycles. The number of aromatic amines is 2. The zero-order chi connectivity index (χ0) is 23.9. The molecular weight excluding hydrogens is 448 g/mol. The van der Waals surface area contributed by atoms with Crippen LogP contribution in [0.3, 0.4) is 0 Å². The van der Waals surface area contributed by atoms with Gasteiger partial charge in [0.1, 0.15) is 24.7 Å². The van der Waals surface area contributed by atoms with Crippen LogP contribution in [0.4, 0.5) is 0 Å². The van der Waals surface area contributed by atoms with E-state index in [1.165, 1.54) is 0 Å².